The molecule has 0 spiro atoms. The van der Waals surface area contributed by atoms with E-state index < -0.39 is 0 Å². The number of carbonyl (C=O) groups excluding carboxylic acids is 1. The normalized spacial score (nSPS) is 13.0. The smallest absolute Gasteiger partial charge is 0.255 e. The van der Waals surface area contributed by atoms with Crippen LogP contribution >= 0.6 is 0 Å². The van der Waals surface area contributed by atoms with Gasteiger partial charge in [0.1, 0.15) is 0 Å². The lowest BCUT2D eigenvalue weighted by Crippen LogP contribution is -2.27. The standard InChI is InChI=1S/C11H14N2O2.2C2H6/c14-8-9-5-10(7-12-6-9)11(15)13-3-1-2-4-13;2*1-2/h5-7,14H,1-4,8H2;2*1-2H3. The number of pyridine rings is 1. The fourth-order valence-corrected chi connectivity index (χ4v) is 1.79. The quantitative estimate of drug-likeness (QED) is 0.895. The van der Waals surface area contributed by atoms with Gasteiger partial charge in [-0.2, -0.15) is 0 Å². The van der Waals surface area contributed by atoms with Crippen LogP contribution in [-0.4, -0.2) is 34.0 Å². The summed E-state index contributed by atoms with van der Waals surface area (Å²) in [5.74, 6) is 0.0234. The summed E-state index contributed by atoms with van der Waals surface area (Å²) in [7, 11) is 0. The van der Waals surface area contributed by atoms with Crippen LogP contribution in [0.3, 0.4) is 0 Å². The van der Waals surface area contributed by atoms with E-state index in [2.05, 4.69) is 4.98 Å². The molecule has 108 valence electrons. The second-order valence-corrected chi connectivity index (χ2v) is 3.74. The van der Waals surface area contributed by atoms with Crippen LogP contribution in [0.15, 0.2) is 18.5 Å². The molecule has 1 amide bonds. The van der Waals surface area contributed by atoms with Crippen LogP contribution in [0.4, 0.5) is 0 Å². The van der Waals surface area contributed by atoms with Gasteiger partial charge in [0.25, 0.3) is 5.91 Å². The highest BCUT2D eigenvalue weighted by molar-refractivity contribution is 5.94. The molecule has 1 saturated heterocycles. The van der Waals surface area contributed by atoms with E-state index in [1.807, 2.05) is 32.6 Å². The Labute approximate surface area is 116 Å². The van der Waals surface area contributed by atoms with E-state index in [-0.39, 0.29) is 12.5 Å². The molecule has 0 radical (unpaired) electrons. The van der Waals surface area contributed by atoms with Crippen LogP contribution in [0.1, 0.15) is 56.5 Å². The Kier molecular flexibility index (Phi) is 9.71. The third-order valence-corrected chi connectivity index (χ3v) is 2.62. The van der Waals surface area contributed by atoms with Crippen molar-refractivity contribution in [3.8, 4) is 0 Å². The van der Waals surface area contributed by atoms with Crippen molar-refractivity contribution in [1.29, 1.82) is 0 Å². The monoisotopic (exact) mass is 266 g/mol. The van der Waals surface area contributed by atoms with Crippen molar-refractivity contribution >= 4 is 5.91 Å². The summed E-state index contributed by atoms with van der Waals surface area (Å²) in [4.78, 5) is 17.7. The van der Waals surface area contributed by atoms with E-state index in [0.717, 1.165) is 25.9 Å². The molecule has 1 aromatic heterocycles. The Hall–Kier alpha value is -1.42. The number of aliphatic hydroxyl groups excluding tert-OH is 1. The second-order valence-electron chi connectivity index (χ2n) is 3.74. The predicted molar refractivity (Wildman–Crippen MR) is 78.0 cm³/mol. The van der Waals surface area contributed by atoms with E-state index in [1.54, 1.807) is 18.5 Å². The minimum atomic E-state index is -0.0753. The Morgan fingerprint density at radius 1 is 1.21 bits per heavy atom. The zero-order valence-electron chi connectivity index (χ0n) is 12.5. The van der Waals surface area contributed by atoms with Crippen molar-refractivity contribution in [1.82, 2.24) is 9.88 Å². The summed E-state index contributed by atoms with van der Waals surface area (Å²) < 4.78 is 0. The highest BCUT2D eigenvalue weighted by Crippen LogP contribution is 2.13. The van der Waals surface area contributed by atoms with Gasteiger partial charge in [-0.3, -0.25) is 9.78 Å². The maximum absolute atomic E-state index is 11.9. The summed E-state index contributed by atoms with van der Waals surface area (Å²) in [6.45, 7) is 9.60. The molecule has 2 rings (SSSR count). The number of hydrogen-bond acceptors (Lipinski definition) is 3. The first kappa shape index (κ1) is 17.6. The molecular weight excluding hydrogens is 240 g/mol. The van der Waals surface area contributed by atoms with Crippen LogP contribution in [0.5, 0.6) is 0 Å². The van der Waals surface area contributed by atoms with Crippen LogP contribution in [0, 0.1) is 0 Å². The largest absolute Gasteiger partial charge is 0.392 e. The maximum atomic E-state index is 11.9. The molecule has 0 atom stereocenters. The Balaban J connectivity index is 0.000000741. The molecule has 4 heteroatoms. The van der Waals surface area contributed by atoms with Gasteiger partial charge in [0, 0.05) is 25.5 Å². The average molecular weight is 266 g/mol. The average Bonchev–Trinajstić information content (AvgIpc) is 3.05. The van der Waals surface area contributed by atoms with E-state index in [1.165, 1.54) is 0 Å². The van der Waals surface area contributed by atoms with Crippen molar-refractivity contribution in [2.24, 2.45) is 0 Å². The summed E-state index contributed by atoms with van der Waals surface area (Å²) in [5.41, 5.74) is 1.25. The predicted octanol–water partition coefficient (Wildman–Crippen LogP) is 2.86. The minimum Gasteiger partial charge on any atom is -0.392 e. The van der Waals surface area contributed by atoms with Crippen LogP contribution in [0.2, 0.25) is 0 Å². The molecule has 0 aromatic carbocycles. The number of hydrogen-bond donors (Lipinski definition) is 1. The summed E-state index contributed by atoms with van der Waals surface area (Å²) in [5, 5.41) is 8.94. The minimum absolute atomic E-state index is 0.0234. The number of rotatable bonds is 2. The van der Waals surface area contributed by atoms with E-state index in [4.69, 9.17) is 5.11 Å². The second kappa shape index (κ2) is 10.5. The van der Waals surface area contributed by atoms with Crippen molar-refractivity contribution in [3.05, 3.63) is 29.6 Å². The lowest BCUT2D eigenvalue weighted by molar-refractivity contribution is 0.0792. The van der Waals surface area contributed by atoms with E-state index >= 15 is 0 Å². The first-order valence-electron chi connectivity index (χ1n) is 7.15. The number of carbonyl (C=O) groups is 1. The molecule has 2 heterocycles. The number of likely N-dealkylation sites (tertiary alicyclic amines) is 1. The first-order valence-corrected chi connectivity index (χ1v) is 7.15. The van der Waals surface area contributed by atoms with E-state index in [9.17, 15) is 4.79 Å². The van der Waals surface area contributed by atoms with Crippen molar-refractivity contribution in [2.45, 2.75) is 47.1 Å². The molecule has 4 nitrogen and oxygen atoms in total. The van der Waals surface area contributed by atoms with Crippen molar-refractivity contribution in [3.63, 3.8) is 0 Å². The molecule has 1 aliphatic rings. The number of aromatic nitrogens is 1. The fraction of sp³-hybridized carbons (Fsp3) is 0.600. The number of amides is 1. The number of nitrogens with zero attached hydrogens (tertiary/aromatic N) is 2. The van der Waals surface area contributed by atoms with Gasteiger partial charge in [0.2, 0.25) is 0 Å². The molecule has 19 heavy (non-hydrogen) atoms. The van der Waals surface area contributed by atoms with Crippen molar-refractivity contribution in [2.75, 3.05) is 13.1 Å². The zero-order chi connectivity index (χ0) is 14.7. The zero-order valence-corrected chi connectivity index (χ0v) is 12.5. The summed E-state index contributed by atoms with van der Waals surface area (Å²) >= 11 is 0. The number of aliphatic hydroxyl groups is 1. The fourth-order valence-electron chi connectivity index (χ4n) is 1.79. The van der Waals surface area contributed by atoms with E-state index in [0.29, 0.717) is 11.1 Å². The molecule has 1 fully saturated rings. The topological polar surface area (TPSA) is 53.4 Å². The lowest BCUT2D eigenvalue weighted by atomic mass is 10.2. The Bertz CT molecular complexity index is 361. The van der Waals surface area contributed by atoms with Crippen molar-refractivity contribution < 1.29 is 9.90 Å². The maximum Gasteiger partial charge on any atom is 0.255 e. The first-order chi connectivity index (χ1) is 9.31. The van der Waals surface area contributed by atoms with Gasteiger partial charge in [0.05, 0.1) is 12.2 Å². The summed E-state index contributed by atoms with van der Waals surface area (Å²) in [6.07, 6.45) is 5.29. The van der Waals surface area contributed by atoms with Crippen LogP contribution in [0.25, 0.3) is 0 Å². The highest BCUT2D eigenvalue weighted by Gasteiger charge is 2.19. The van der Waals surface area contributed by atoms with Gasteiger partial charge in [-0.05, 0) is 24.5 Å². The molecule has 1 aromatic rings. The van der Waals surface area contributed by atoms with Gasteiger partial charge < -0.3 is 10.0 Å². The molecule has 1 N–H and O–H groups in total. The van der Waals surface area contributed by atoms with Gasteiger partial charge in [-0.15, -0.1) is 0 Å². The Morgan fingerprint density at radius 2 is 1.79 bits per heavy atom. The van der Waals surface area contributed by atoms with Crippen LogP contribution in [-0.2, 0) is 6.61 Å². The molecule has 0 bridgehead atoms. The highest BCUT2D eigenvalue weighted by atomic mass is 16.3. The molecule has 0 aliphatic carbocycles. The molecule has 0 saturated carbocycles. The summed E-state index contributed by atoms with van der Waals surface area (Å²) in [6, 6.07) is 1.70. The SMILES string of the molecule is CC.CC.O=C(c1cncc(CO)c1)N1CCCC1. The third kappa shape index (κ3) is 5.39. The molecular formula is C15H26N2O2. The third-order valence-electron chi connectivity index (χ3n) is 2.62. The lowest BCUT2D eigenvalue weighted by Gasteiger charge is -2.14. The van der Waals surface area contributed by atoms with Gasteiger partial charge in [0.15, 0.2) is 0 Å². The van der Waals surface area contributed by atoms with Gasteiger partial charge in [-0.25, -0.2) is 0 Å². The Morgan fingerprint density at radius 3 is 2.32 bits per heavy atom. The molecule has 0 unspecified atom stereocenters. The van der Waals surface area contributed by atoms with Gasteiger partial charge >= 0.3 is 0 Å². The van der Waals surface area contributed by atoms with Gasteiger partial charge in [-0.1, -0.05) is 27.7 Å². The van der Waals surface area contributed by atoms with Crippen LogP contribution < -0.4 is 0 Å². The molecule has 1 aliphatic heterocycles.